The van der Waals surface area contributed by atoms with Crippen LogP contribution in [0.4, 0.5) is 5.82 Å². The number of rotatable bonds is 8. The Labute approximate surface area is 152 Å². The van der Waals surface area contributed by atoms with Gasteiger partial charge in [-0.25, -0.2) is 0 Å². The molecule has 0 aliphatic carbocycles. The van der Waals surface area contributed by atoms with Crippen LogP contribution in [0.15, 0.2) is 34.9 Å². The zero-order valence-electron chi connectivity index (χ0n) is 14.4. The molecule has 1 N–H and O–H groups in total. The first-order valence-electron chi connectivity index (χ1n) is 8.27. The lowest BCUT2D eigenvalue weighted by atomic mass is 10.1. The van der Waals surface area contributed by atoms with Crippen LogP contribution in [0.25, 0.3) is 0 Å². The minimum atomic E-state index is -0.319. The summed E-state index contributed by atoms with van der Waals surface area (Å²) in [6, 6.07) is 8.35. The van der Waals surface area contributed by atoms with Crippen LogP contribution in [0.2, 0.25) is 5.02 Å². The van der Waals surface area contributed by atoms with Gasteiger partial charge in [-0.3, -0.25) is 9.59 Å². The number of aryl methyl sites for hydroxylation is 1. The molecule has 134 valence electrons. The fourth-order valence-corrected chi connectivity index (χ4v) is 2.58. The van der Waals surface area contributed by atoms with Crippen molar-refractivity contribution >= 4 is 29.2 Å². The molecule has 0 aliphatic rings. The summed E-state index contributed by atoms with van der Waals surface area (Å²) in [7, 11) is 0. The predicted molar refractivity (Wildman–Crippen MR) is 96.8 cm³/mol. The molecular weight excluding hydrogens is 342 g/mol. The van der Waals surface area contributed by atoms with Gasteiger partial charge >= 0.3 is 0 Å². The summed E-state index contributed by atoms with van der Waals surface area (Å²) in [5.41, 5.74) is 0.467. The highest BCUT2D eigenvalue weighted by molar-refractivity contribution is 6.31. The van der Waals surface area contributed by atoms with Gasteiger partial charge in [0.25, 0.3) is 5.91 Å². The minimum absolute atomic E-state index is 0.0546. The van der Waals surface area contributed by atoms with Gasteiger partial charge in [0.05, 0.1) is 0 Å². The molecule has 2 rings (SSSR count). The normalized spacial score (nSPS) is 10.5. The highest BCUT2D eigenvalue weighted by atomic mass is 35.5. The van der Waals surface area contributed by atoms with Crippen LogP contribution < -0.4 is 5.32 Å². The quantitative estimate of drug-likeness (QED) is 0.721. The van der Waals surface area contributed by atoms with Gasteiger partial charge in [-0.05, 0) is 31.5 Å². The van der Waals surface area contributed by atoms with Crippen LogP contribution in [-0.4, -0.2) is 35.0 Å². The van der Waals surface area contributed by atoms with Crippen LogP contribution >= 0.6 is 11.6 Å². The topological polar surface area (TPSA) is 75.4 Å². The van der Waals surface area contributed by atoms with Crippen molar-refractivity contribution < 1.29 is 14.1 Å². The average Bonchev–Trinajstić information content (AvgIpc) is 2.98. The Balaban J connectivity index is 2.06. The second kappa shape index (κ2) is 9.22. The van der Waals surface area contributed by atoms with Crippen LogP contribution in [-0.2, 0) is 4.79 Å². The number of benzene rings is 1. The fourth-order valence-electron chi connectivity index (χ4n) is 2.39. The maximum Gasteiger partial charge on any atom is 0.254 e. The summed E-state index contributed by atoms with van der Waals surface area (Å²) >= 11 is 5.97. The molecular formula is C18H22ClN3O3. The highest BCUT2D eigenvalue weighted by Crippen LogP contribution is 2.14. The molecule has 1 aromatic carbocycles. The first-order chi connectivity index (χ1) is 12.0. The molecule has 0 aliphatic heterocycles. The number of carbonyl (C=O) groups is 2. The third-order valence-corrected chi connectivity index (χ3v) is 3.86. The second-order valence-corrected chi connectivity index (χ2v) is 6.25. The monoisotopic (exact) mass is 363 g/mol. The summed E-state index contributed by atoms with van der Waals surface area (Å²) in [6.45, 7) is 4.27. The maximum absolute atomic E-state index is 12.7. The van der Waals surface area contributed by atoms with Crippen molar-refractivity contribution in [1.82, 2.24) is 10.1 Å². The van der Waals surface area contributed by atoms with Gasteiger partial charge in [0.1, 0.15) is 12.3 Å². The molecule has 0 saturated carbocycles. The Hall–Kier alpha value is -2.34. The lowest BCUT2D eigenvalue weighted by Gasteiger charge is -2.22. The van der Waals surface area contributed by atoms with Crippen molar-refractivity contribution in [3.8, 4) is 0 Å². The van der Waals surface area contributed by atoms with E-state index in [2.05, 4.69) is 17.4 Å². The van der Waals surface area contributed by atoms with E-state index >= 15 is 0 Å². The molecule has 1 aromatic heterocycles. The third kappa shape index (κ3) is 5.90. The molecule has 2 amide bonds. The summed E-state index contributed by atoms with van der Waals surface area (Å²) in [6.07, 6.45) is 2.85. The predicted octanol–water partition coefficient (Wildman–Crippen LogP) is 3.91. The number of unbranched alkanes of at least 4 members (excludes halogenated alkanes) is 2. The Morgan fingerprint density at radius 2 is 2.08 bits per heavy atom. The average molecular weight is 364 g/mol. The first-order valence-corrected chi connectivity index (χ1v) is 8.65. The molecule has 25 heavy (non-hydrogen) atoms. The number of nitrogens with zero attached hydrogens (tertiary/aromatic N) is 2. The largest absolute Gasteiger partial charge is 0.360 e. The van der Waals surface area contributed by atoms with Crippen molar-refractivity contribution in [2.75, 3.05) is 18.4 Å². The van der Waals surface area contributed by atoms with Crippen molar-refractivity contribution in [3.63, 3.8) is 0 Å². The van der Waals surface area contributed by atoms with Crippen LogP contribution in [0.3, 0.4) is 0 Å². The molecule has 0 bridgehead atoms. The highest BCUT2D eigenvalue weighted by Gasteiger charge is 2.19. The van der Waals surface area contributed by atoms with E-state index in [1.54, 1.807) is 37.3 Å². The minimum Gasteiger partial charge on any atom is -0.360 e. The van der Waals surface area contributed by atoms with Crippen molar-refractivity contribution in [2.24, 2.45) is 0 Å². The van der Waals surface area contributed by atoms with Gasteiger partial charge in [0, 0.05) is 23.2 Å². The maximum atomic E-state index is 12.7. The lowest BCUT2D eigenvalue weighted by molar-refractivity contribution is -0.117. The van der Waals surface area contributed by atoms with Crippen molar-refractivity contribution in [2.45, 2.75) is 33.1 Å². The summed E-state index contributed by atoms with van der Waals surface area (Å²) in [5, 5.41) is 6.85. The standard InChI is InChI=1S/C18H22ClN3O3/c1-3-4-5-9-22(18(24)14-7-6-8-15(19)11-14)12-17(23)20-16-10-13(2)25-21-16/h6-8,10-11H,3-5,9,12H2,1-2H3,(H,20,21,23). The molecule has 0 spiro atoms. The third-order valence-electron chi connectivity index (χ3n) is 3.62. The van der Waals surface area contributed by atoms with Gasteiger partial charge in [-0.1, -0.05) is 42.6 Å². The van der Waals surface area contributed by atoms with Crippen LogP contribution in [0, 0.1) is 6.92 Å². The zero-order chi connectivity index (χ0) is 18.2. The molecule has 0 saturated heterocycles. The number of aromatic nitrogens is 1. The van der Waals surface area contributed by atoms with E-state index in [9.17, 15) is 9.59 Å². The van der Waals surface area contributed by atoms with Crippen molar-refractivity contribution in [3.05, 3.63) is 46.7 Å². The summed E-state index contributed by atoms with van der Waals surface area (Å²) < 4.78 is 4.92. The number of nitrogens with one attached hydrogen (secondary N) is 1. The molecule has 6 nitrogen and oxygen atoms in total. The fraction of sp³-hybridized carbons (Fsp3) is 0.389. The van der Waals surface area contributed by atoms with Gasteiger partial charge < -0.3 is 14.7 Å². The number of anilines is 1. The lowest BCUT2D eigenvalue weighted by Crippen LogP contribution is -2.38. The molecule has 0 radical (unpaired) electrons. The Morgan fingerprint density at radius 1 is 1.28 bits per heavy atom. The van der Waals surface area contributed by atoms with E-state index < -0.39 is 0 Å². The zero-order valence-corrected chi connectivity index (χ0v) is 15.2. The van der Waals surface area contributed by atoms with E-state index in [1.165, 1.54) is 4.90 Å². The second-order valence-electron chi connectivity index (χ2n) is 5.82. The van der Waals surface area contributed by atoms with E-state index in [4.69, 9.17) is 16.1 Å². The van der Waals surface area contributed by atoms with Gasteiger partial charge in [0.15, 0.2) is 5.82 Å². The molecule has 1 heterocycles. The first kappa shape index (κ1) is 19.0. The number of hydrogen-bond acceptors (Lipinski definition) is 4. The molecule has 7 heteroatoms. The Kier molecular flexibility index (Phi) is 7.01. The number of amides is 2. The SMILES string of the molecule is CCCCCN(CC(=O)Nc1cc(C)on1)C(=O)c1cccc(Cl)c1. The van der Waals surface area contributed by atoms with Crippen LogP contribution in [0.1, 0.15) is 42.3 Å². The van der Waals surface area contributed by atoms with E-state index in [0.29, 0.717) is 28.7 Å². The van der Waals surface area contributed by atoms with Crippen LogP contribution in [0.5, 0.6) is 0 Å². The molecule has 2 aromatic rings. The van der Waals surface area contributed by atoms with Gasteiger partial charge in [-0.15, -0.1) is 0 Å². The number of carbonyl (C=O) groups excluding carboxylic acids is 2. The Morgan fingerprint density at radius 3 is 2.72 bits per heavy atom. The van der Waals surface area contributed by atoms with Gasteiger partial charge in [0.2, 0.25) is 5.91 Å². The van der Waals surface area contributed by atoms with E-state index in [0.717, 1.165) is 19.3 Å². The molecule has 0 fully saturated rings. The summed E-state index contributed by atoms with van der Waals surface area (Å²) in [4.78, 5) is 26.5. The summed E-state index contributed by atoms with van der Waals surface area (Å²) in [5.74, 6) is 0.404. The van der Waals surface area contributed by atoms with Gasteiger partial charge in [-0.2, -0.15) is 0 Å². The van der Waals surface area contributed by atoms with Crippen molar-refractivity contribution in [1.29, 1.82) is 0 Å². The Bertz CT molecular complexity index is 730. The van der Waals surface area contributed by atoms with E-state index in [-0.39, 0.29) is 18.4 Å². The smallest absolute Gasteiger partial charge is 0.254 e. The number of halogens is 1. The molecule has 0 unspecified atom stereocenters. The number of hydrogen-bond donors (Lipinski definition) is 1. The van der Waals surface area contributed by atoms with E-state index in [1.807, 2.05) is 0 Å². The molecule has 0 atom stereocenters.